The summed E-state index contributed by atoms with van der Waals surface area (Å²) in [7, 11) is 2.13. The number of aryl methyl sites for hydroxylation is 2. The Morgan fingerprint density at radius 2 is 2.11 bits per heavy atom. The first-order valence-electron chi connectivity index (χ1n) is 6.71. The van der Waals surface area contributed by atoms with Gasteiger partial charge in [0, 0.05) is 36.3 Å². The third-order valence-electron chi connectivity index (χ3n) is 3.18. The summed E-state index contributed by atoms with van der Waals surface area (Å²) < 4.78 is 2.09. The van der Waals surface area contributed by atoms with E-state index in [2.05, 4.69) is 45.9 Å². The van der Waals surface area contributed by atoms with E-state index in [-0.39, 0.29) is 0 Å². The number of hydrogen-bond acceptors (Lipinski definition) is 4. The lowest BCUT2D eigenvalue weighted by molar-refractivity contribution is 0.314. The van der Waals surface area contributed by atoms with Crippen molar-refractivity contribution in [1.82, 2.24) is 19.7 Å². The molecule has 0 amide bonds. The highest BCUT2D eigenvalue weighted by molar-refractivity contribution is 7.09. The third kappa shape index (κ3) is 3.64. The number of thiazole rings is 1. The van der Waals surface area contributed by atoms with Crippen molar-refractivity contribution >= 4 is 11.3 Å². The quantitative estimate of drug-likeness (QED) is 0.814. The fourth-order valence-electron chi connectivity index (χ4n) is 2.18. The molecule has 0 saturated heterocycles. The predicted molar refractivity (Wildman–Crippen MR) is 79.3 cm³/mol. The molecule has 0 saturated carbocycles. The Bertz CT molecular complexity index is 529. The van der Waals surface area contributed by atoms with Gasteiger partial charge in [-0.2, -0.15) is 5.10 Å². The summed E-state index contributed by atoms with van der Waals surface area (Å²) in [5, 5.41) is 7.72. The molecule has 0 aliphatic heterocycles. The minimum atomic E-state index is 0.892. The highest BCUT2D eigenvalue weighted by Crippen LogP contribution is 2.14. The van der Waals surface area contributed by atoms with E-state index in [4.69, 9.17) is 0 Å². The first-order chi connectivity index (χ1) is 9.10. The molecule has 2 heterocycles. The van der Waals surface area contributed by atoms with Gasteiger partial charge in [-0.05, 0) is 27.3 Å². The molecule has 2 aromatic heterocycles. The molecule has 4 nitrogen and oxygen atoms in total. The summed E-state index contributed by atoms with van der Waals surface area (Å²) in [6, 6.07) is 0. The van der Waals surface area contributed by atoms with Crippen LogP contribution in [0.25, 0.3) is 0 Å². The van der Waals surface area contributed by atoms with Crippen molar-refractivity contribution in [2.45, 2.75) is 46.8 Å². The van der Waals surface area contributed by atoms with Gasteiger partial charge in [-0.3, -0.25) is 9.58 Å². The first kappa shape index (κ1) is 14.2. The van der Waals surface area contributed by atoms with Crippen LogP contribution in [-0.2, 0) is 19.6 Å². The Morgan fingerprint density at radius 1 is 1.32 bits per heavy atom. The SMILES string of the molecule is CCCn1ncc(CN(C)Cc2csc(C)n2)c1C. The molecule has 0 N–H and O–H groups in total. The third-order valence-corrected chi connectivity index (χ3v) is 4.00. The molecule has 5 heteroatoms. The summed E-state index contributed by atoms with van der Waals surface area (Å²) in [6.07, 6.45) is 3.11. The molecular weight excluding hydrogens is 256 g/mol. The van der Waals surface area contributed by atoms with Gasteiger partial charge in [0.25, 0.3) is 0 Å². The van der Waals surface area contributed by atoms with Crippen LogP contribution in [0.4, 0.5) is 0 Å². The van der Waals surface area contributed by atoms with E-state index in [1.807, 2.05) is 13.1 Å². The Balaban J connectivity index is 1.96. The first-order valence-corrected chi connectivity index (χ1v) is 7.59. The van der Waals surface area contributed by atoms with Crippen molar-refractivity contribution in [3.8, 4) is 0 Å². The number of aromatic nitrogens is 3. The van der Waals surface area contributed by atoms with Crippen molar-refractivity contribution in [3.63, 3.8) is 0 Å². The Labute approximate surface area is 119 Å². The largest absolute Gasteiger partial charge is 0.296 e. The Kier molecular flexibility index (Phi) is 4.71. The van der Waals surface area contributed by atoms with Gasteiger partial charge in [-0.25, -0.2) is 4.98 Å². The molecule has 0 aromatic carbocycles. The van der Waals surface area contributed by atoms with E-state index in [0.29, 0.717) is 0 Å². The lowest BCUT2D eigenvalue weighted by atomic mass is 10.2. The van der Waals surface area contributed by atoms with Gasteiger partial charge in [-0.15, -0.1) is 11.3 Å². The molecule has 0 spiro atoms. The monoisotopic (exact) mass is 278 g/mol. The molecule has 0 bridgehead atoms. The van der Waals surface area contributed by atoms with Gasteiger partial charge in [0.15, 0.2) is 0 Å². The van der Waals surface area contributed by atoms with Crippen LogP contribution in [0.1, 0.15) is 35.3 Å². The van der Waals surface area contributed by atoms with E-state index < -0.39 is 0 Å². The fraction of sp³-hybridized carbons (Fsp3) is 0.571. The van der Waals surface area contributed by atoms with E-state index in [1.165, 1.54) is 11.3 Å². The molecule has 104 valence electrons. The predicted octanol–water partition coefficient (Wildman–Crippen LogP) is 3.00. The highest BCUT2D eigenvalue weighted by atomic mass is 32.1. The Hall–Kier alpha value is -1.20. The minimum Gasteiger partial charge on any atom is -0.296 e. The molecule has 19 heavy (non-hydrogen) atoms. The average Bonchev–Trinajstić information content (AvgIpc) is 2.90. The Morgan fingerprint density at radius 3 is 2.74 bits per heavy atom. The van der Waals surface area contributed by atoms with Crippen LogP contribution in [0.3, 0.4) is 0 Å². The van der Waals surface area contributed by atoms with Gasteiger partial charge >= 0.3 is 0 Å². The van der Waals surface area contributed by atoms with Crippen LogP contribution in [0.5, 0.6) is 0 Å². The highest BCUT2D eigenvalue weighted by Gasteiger charge is 2.09. The molecular formula is C14H22N4S. The second-order valence-electron chi connectivity index (χ2n) is 5.01. The zero-order valence-corrected chi connectivity index (χ0v) is 13.0. The van der Waals surface area contributed by atoms with Crippen molar-refractivity contribution in [2.24, 2.45) is 0 Å². The summed E-state index contributed by atoms with van der Waals surface area (Å²) in [6.45, 7) is 9.19. The van der Waals surface area contributed by atoms with Crippen molar-refractivity contribution < 1.29 is 0 Å². The van der Waals surface area contributed by atoms with Crippen LogP contribution in [0.15, 0.2) is 11.6 Å². The normalized spacial score (nSPS) is 11.4. The summed E-state index contributed by atoms with van der Waals surface area (Å²) >= 11 is 1.71. The fourth-order valence-corrected chi connectivity index (χ4v) is 2.79. The van der Waals surface area contributed by atoms with Crippen molar-refractivity contribution in [2.75, 3.05) is 7.05 Å². The van der Waals surface area contributed by atoms with Gasteiger partial charge in [-0.1, -0.05) is 6.92 Å². The number of nitrogens with zero attached hydrogens (tertiary/aromatic N) is 4. The lowest BCUT2D eigenvalue weighted by Gasteiger charge is -2.15. The molecule has 2 aromatic rings. The molecule has 0 aliphatic rings. The van der Waals surface area contributed by atoms with Crippen LogP contribution in [-0.4, -0.2) is 26.7 Å². The zero-order valence-electron chi connectivity index (χ0n) is 12.2. The summed E-state index contributed by atoms with van der Waals surface area (Å²) in [5.41, 5.74) is 3.75. The van der Waals surface area contributed by atoms with Gasteiger partial charge in [0.1, 0.15) is 0 Å². The lowest BCUT2D eigenvalue weighted by Crippen LogP contribution is -2.18. The van der Waals surface area contributed by atoms with Crippen LogP contribution in [0, 0.1) is 13.8 Å². The topological polar surface area (TPSA) is 34.0 Å². The molecule has 0 fully saturated rings. The molecule has 0 unspecified atom stereocenters. The van der Waals surface area contributed by atoms with Gasteiger partial charge in [0.2, 0.25) is 0 Å². The van der Waals surface area contributed by atoms with E-state index in [9.17, 15) is 0 Å². The molecule has 2 rings (SSSR count). The molecule has 0 atom stereocenters. The zero-order chi connectivity index (χ0) is 13.8. The summed E-state index contributed by atoms with van der Waals surface area (Å²) in [5.74, 6) is 0. The molecule has 0 aliphatic carbocycles. The number of hydrogen-bond donors (Lipinski definition) is 0. The maximum Gasteiger partial charge on any atom is 0.0897 e. The smallest absolute Gasteiger partial charge is 0.0897 e. The van der Waals surface area contributed by atoms with E-state index >= 15 is 0 Å². The van der Waals surface area contributed by atoms with E-state index in [0.717, 1.165) is 36.8 Å². The van der Waals surface area contributed by atoms with Crippen molar-refractivity contribution in [3.05, 3.63) is 33.5 Å². The van der Waals surface area contributed by atoms with Crippen LogP contribution < -0.4 is 0 Å². The van der Waals surface area contributed by atoms with Crippen LogP contribution in [0.2, 0.25) is 0 Å². The van der Waals surface area contributed by atoms with Crippen LogP contribution >= 0.6 is 11.3 Å². The minimum absolute atomic E-state index is 0.892. The van der Waals surface area contributed by atoms with Gasteiger partial charge in [0.05, 0.1) is 16.9 Å². The molecule has 0 radical (unpaired) electrons. The second-order valence-corrected chi connectivity index (χ2v) is 6.07. The van der Waals surface area contributed by atoms with Gasteiger partial charge < -0.3 is 0 Å². The number of rotatable bonds is 6. The summed E-state index contributed by atoms with van der Waals surface area (Å²) in [4.78, 5) is 6.79. The average molecular weight is 278 g/mol. The maximum absolute atomic E-state index is 4.51. The maximum atomic E-state index is 4.51. The second kappa shape index (κ2) is 6.30. The standard InChI is InChI=1S/C14H22N4S/c1-5-6-18-11(2)13(7-15-18)8-17(4)9-14-10-19-12(3)16-14/h7,10H,5-6,8-9H2,1-4H3. The van der Waals surface area contributed by atoms with E-state index in [1.54, 1.807) is 11.3 Å². The van der Waals surface area contributed by atoms with Crippen molar-refractivity contribution in [1.29, 1.82) is 0 Å².